The fourth-order valence-electron chi connectivity index (χ4n) is 2.31. The molecule has 2 rings (SSSR count). The van der Waals surface area contributed by atoms with E-state index >= 15 is 0 Å². The molecule has 5 heteroatoms. The summed E-state index contributed by atoms with van der Waals surface area (Å²) >= 11 is 0. The van der Waals surface area contributed by atoms with Crippen molar-refractivity contribution in [3.05, 3.63) is 51.8 Å². The van der Waals surface area contributed by atoms with Crippen LogP contribution in [0.5, 0.6) is 0 Å². The summed E-state index contributed by atoms with van der Waals surface area (Å²) in [6.07, 6.45) is 0. The van der Waals surface area contributed by atoms with Gasteiger partial charge in [-0.25, -0.2) is 9.48 Å². The molecular formula is C17H20N2O3. The van der Waals surface area contributed by atoms with Gasteiger partial charge in [0.2, 0.25) is 0 Å². The van der Waals surface area contributed by atoms with Crippen LogP contribution in [0, 0.1) is 13.8 Å². The summed E-state index contributed by atoms with van der Waals surface area (Å²) in [5, 5.41) is 4.34. The molecule has 1 aromatic carbocycles. The maximum Gasteiger partial charge on any atom is 0.330 e. The lowest BCUT2D eigenvalue weighted by Crippen LogP contribution is -2.31. The molecule has 5 nitrogen and oxygen atoms in total. The van der Waals surface area contributed by atoms with Crippen molar-refractivity contribution in [1.29, 1.82) is 0 Å². The summed E-state index contributed by atoms with van der Waals surface area (Å²) < 4.78 is 6.13. The van der Waals surface area contributed by atoms with Gasteiger partial charge < -0.3 is 4.74 Å². The molecule has 1 heterocycles. The second kappa shape index (κ2) is 6.56. The molecule has 0 fully saturated rings. The van der Waals surface area contributed by atoms with Gasteiger partial charge in [-0.3, -0.25) is 4.79 Å². The van der Waals surface area contributed by atoms with E-state index in [1.165, 1.54) is 10.7 Å². The van der Waals surface area contributed by atoms with E-state index in [1.807, 2.05) is 26.0 Å². The van der Waals surface area contributed by atoms with Crippen molar-refractivity contribution in [1.82, 2.24) is 9.78 Å². The minimum atomic E-state index is -0.752. The molecular weight excluding hydrogens is 280 g/mol. The highest BCUT2D eigenvalue weighted by Crippen LogP contribution is 2.21. The summed E-state index contributed by atoms with van der Waals surface area (Å²) in [7, 11) is 0. The number of carbonyl (C=O) groups excluding carboxylic acids is 1. The topological polar surface area (TPSA) is 61.2 Å². The third-order valence-electron chi connectivity index (χ3n) is 3.48. The van der Waals surface area contributed by atoms with Crippen LogP contribution in [0.15, 0.2) is 35.1 Å². The van der Waals surface area contributed by atoms with E-state index in [1.54, 1.807) is 19.9 Å². The molecule has 0 aliphatic carbocycles. The molecule has 0 saturated heterocycles. The highest BCUT2D eigenvalue weighted by molar-refractivity contribution is 5.73. The van der Waals surface area contributed by atoms with Crippen LogP contribution in [0.2, 0.25) is 0 Å². The number of aryl methyl sites for hydroxylation is 2. The molecule has 22 heavy (non-hydrogen) atoms. The van der Waals surface area contributed by atoms with Gasteiger partial charge in [0.05, 0.1) is 12.3 Å². The third kappa shape index (κ3) is 3.24. The minimum absolute atomic E-state index is 0.273. The van der Waals surface area contributed by atoms with Crippen molar-refractivity contribution in [2.75, 3.05) is 6.61 Å². The number of aromatic nitrogens is 2. The lowest BCUT2D eigenvalue weighted by molar-refractivity contribution is -0.147. The van der Waals surface area contributed by atoms with Crippen LogP contribution in [0.25, 0.3) is 11.3 Å². The van der Waals surface area contributed by atoms with Crippen LogP contribution in [0.1, 0.15) is 31.0 Å². The Labute approximate surface area is 129 Å². The molecule has 0 amide bonds. The van der Waals surface area contributed by atoms with Crippen LogP contribution in [-0.2, 0) is 9.53 Å². The van der Waals surface area contributed by atoms with Gasteiger partial charge in [0.15, 0.2) is 6.04 Å². The summed E-state index contributed by atoms with van der Waals surface area (Å²) in [6.45, 7) is 7.63. The Morgan fingerprint density at radius 2 is 2.00 bits per heavy atom. The molecule has 0 spiro atoms. The van der Waals surface area contributed by atoms with E-state index in [0.717, 1.165) is 16.7 Å². The quantitative estimate of drug-likeness (QED) is 0.814. The maximum absolute atomic E-state index is 12.0. The normalized spacial score (nSPS) is 12.0. The Morgan fingerprint density at radius 3 is 2.64 bits per heavy atom. The molecule has 116 valence electrons. The van der Waals surface area contributed by atoms with Crippen molar-refractivity contribution in [2.24, 2.45) is 0 Å². The first-order valence-corrected chi connectivity index (χ1v) is 7.28. The largest absolute Gasteiger partial charge is 0.464 e. The standard InChI is InChI=1S/C17H20N2O3/c1-5-22-17(21)13(4)19-16(20)9-8-15(18-19)14-7-6-11(2)10-12(14)3/h6-10,13H,5H2,1-4H3. The van der Waals surface area contributed by atoms with E-state index < -0.39 is 12.0 Å². The van der Waals surface area contributed by atoms with Gasteiger partial charge in [0.25, 0.3) is 5.56 Å². The van der Waals surface area contributed by atoms with Crippen molar-refractivity contribution < 1.29 is 9.53 Å². The highest BCUT2D eigenvalue weighted by Gasteiger charge is 2.19. The van der Waals surface area contributed by atoms with Gasteiger partial charge in [-0.05, 0) is 39.3 Å². The highest BCUT2D eigenvalue weighted by atomic mass is 16.5. The van der Waals surface area contributed by atoms with Gasteiger partial charge in [-0.2, -0.15) is 5.10 Å². The third-order valence-corrected chi connectivity index (χ3v) is 3.48. The molecule has 2 aromatic rings. The average Bonchev–Trinajstić information content (AvgIpc) is 2.48. The van der Waals surface area contributed by atoms with E-state index in [-0.39, 0.29) is 12.2 Å². The SMILES string of the molecule is CCOC(=O)C(C)n1nc(-c2ccc(C)cc2C)ccc1=O. The van der Waals surface area contributed by atoms with Crippen LogP contribution in [-0.4, -0.2) is 22.4 Å². The lowest BCUT2D eigenvalue weighted by Gasteiger charge is -2.14. The first-order valence-electron chi connectivity index (χ1n) is 7.28. The van der Waals surface area contributed by atoms with E-state index in [4.69, 9.17) is 4.74 Å². The Hall–Kier alpha value is -2.43. The predicted molar refractivity (Wildman–Crippen MR) is 84.8 cm³/mol. The van der Waals surface area contributed by atoms with Crippen molar-refractivity contribution >= 4 is 5.97 Å². The van der Waals surface area contributed by atoms with Crippen LogP contribution >= 0.6 is 0 Å². The summed E-state index contributed by atoms with van der Waals surface area (Å²) in [5.41, 5.74) is 3.51. The molecule has 0 radical (unpaired) electrons. The van der Waals surface area contributed by atoms with E-state index in [2.05, 4.69) is 11.2 Å². The number of nitrogens with zero attached hydrogens (tertiary/aromatic N) is 2. The summed E-state index contributed by atoms with van der Waals surface area (Å²) in [5.74, 6) is -0.463. The lowest BCUT2D eigenvalue weighted by atomic mass is 10.0. The van der Waals surface area contributed by atoms with Gasteiger partial charge in [0.1, 0.15) is 0 Å². The maximum atomic E-state index is 12.0. The molecule has 0 aliphatic heterocycles. The molecule has 0 saturated carbocycles. The first-order chi connectivity index (χ1) is 10.4. The molecule has 0 N–H and O–H groups in total. The Kier molecular flexibility index (Phi) is 4.75. The number of hydrogen-bond acceptors (Lipinski definition) is 4. The second-order valence-electron chi connectivity index (χ2n) is 5.25. The number of carbonyl (C=O) groups is 1. The Bertz CT molecular complexity index is 750. The molecule has 1 aromatic heterocycles. The number of ether oxygens (including phenoxy) is 1. The van der Waals surface area contributed by atoms with Crippen LogP contribution in [0.3, 0.4) is 0 Å². The Morgan fingerprint density at radius 1 is 1.27 bits per heavy atom. The Balaban J connectivity index is 2.46. The summed E-state index contributed by atoms with van der Waals surface area (Å²) in [6, 6.07) is 8.37. The molecule has 0 aliphatic rings. The zero-order valence-electron chi connectivity index (χ0n) is 13.3. The summed E-state index contributed by atoms with van der Waals surface area (Å²) in [4.78, 5) is 23.8. The smallest absolute Gasteiger partial charge is 0.330 e. The molecule has 1 unspecified atom stereocenters. The zero-order chi connectivity index (χ0) is 16.3. The fourth-order valence-corrected chi connectivity index (χ4v) is 2.31. The second-order valence-corrected chi connectivity index (χ2v) is 5.25. The number of benzene rings is 1. The van der Waals surface area contributed by atoms with Gasteiger partial charge in [0, 0.05) is 11.6 Å². The van der Waals surface area contributed by atoms with Gasteiger partial charge in [-0.1, -0.05) is 23.8 Å². The zero-order valence-corrected chi connectivity index (χ0v) is 13.3. The van der Waals surface area contributed by atoms with Gasteiger partial charge in [-0.15, -0.1) is 0 Å². The van der Waals surface area contributed by atoms with Crippen molar-refractivity contribution in [3.63, 3.8) is 0 Å². The number of rotatable bonds is 4. The number of hydrogen-bond donors (Lipinski definition) is 0. The first kappa shape index (κ1) is 15.9. The predicted octanol–water partition coefficient (Wildman–Crippen LogP) is 2.65. The number of esters is 1. The monoisotopic (exact) mass is 300 g/mol. The fraction of sp³-hybridized carbons (Fsp3) is 0.353. The molecule has 0 bridgehead atoms. The van der Waals surface area contributed by atoms with Crippen LogP contribution < -0.4 is 5.56 Å². The van der Waals surface area contributed by atoms with E-state index in [9.17, 15) is 9.59 Å². The van der Waals surface area contributed by atoms with E-state index in [0.29, 0.717) is 5.69 Å². The minimum Gasteiger partial charge on any atom is -0.464 e. The van der Waals surface area contributed by atoms with Crippen LogP contribution in [0.4, 0.5) is 0 Å². The average molecular weight is 300 g/mol. The van der Waals surface area contributed by atoms with Gasteiger partial charge >= 0.3 is 5.97 Å². The molecule has 1 atom stereocenters. The van der Waals surface area contributed by atoms with Crippen molar-refractivity contribution in [2.45, 2.75) is 33.7 Å². The van der Waals surface area contributed by atoms with Crippen molar-refractivity contribution in [3.8, 4) is 11.3 Å².